The molecule has 0 saturated heterocycles. The van der Waals surface area contributed by atoms with Crippen LogP contribution in [0.25, 0.3) is 0 Å². The van der Waals surface area contributed by atoms with Crippen molar-refractivity contribution >= 4 is 21.6 Å². The summed E-state index contributed by atoms with van der Waals surface area (Å²) in [6, 6.07) is 14.1. The van der Waals surface area contributed by atoms with Gasteiger partial charge in [-0.2, -0.15) is 0 Å². The number of nitrogens with one attached hydrogen (secondary N) is 1. The van der Waals surface area contributed by atoms with E-state index in [1.807, 2.05) is 31.2 Å². The first-order valence-electron chi connectivity index (χ1n) is 8.42. The first kappa shape index (κ1) is 19.8. The smallest absolute Gasteiger partial charge is 0.251 e. The molecule has 0 aliphatic carbocycles. The highest BCUT2D eigenvalue weighted by molar-refractivity contribution is 7.92. The summed E-state index contributed by atoms with van der Waals surface area (Å²) in [6.45, 7) is 4.98. The number of carbonyl (C=O) groups is 1. The summed E-state index contributed by atoms with van der Waals surface area (Å²) in [5.74, 6) is 0.546. The molecule has 0 aliphatic rings. The maximum Gasteiger partial charge on any atom is 0.251 e. The van der Waals surface area contributed by atoms with Crippen molar-refractivity contribution in [1.29, 1.82) is 0 Å². The van der Waals surface area contributed by atoms with Crippen LogP contribution >= 0.6 is 0 Å². The largest absolute Gasteiger partial charge is 0.494 e. The van der Waals surface area contributed by atoms with Crippen LogP contribution in [0.5, 0.6) is 5.75 Å². The Morgan fingerprint density at radius 2 is 1.81 bits per heavy atom. The lowest BCUT2D eigenvalue weighted by molar-refractivity contribution is 0.0951. The minimum atomic E-state index is -3.34. The summed E-state index contributed by atoms with van der Waals surface area (Å²) in [6.07, 6.45) is 1.16. The average molecular weight is 376 g/mol. The second kappa shape index (κ2) is 8.71. The highest BCUT2D eigenvalue weighted by atomic mass is 32.2. The molecule has 2 rings (SSSR count). The van der Waals surface area contributed by atoms with Crippen LogP contribution in [0.4, 0.5) is 5.69 Å². The molecule has 0 aromatic heterocycles. The van der Waals surface area contributed by atoms with Gasteiger partial charge in [-0.3, -0.25) is 9.10 Å². The van der Waals surface area contributed by atoms with E-state index in [-0.39, 0.29) is 5.91 Å². The Hall–Kier alpha value is -2.54. The van der Waals surface area contributed by atoms with Crippen molar-refractivity contribution in [3.8, 4) is 5.75 Å². The highest BCUT2D eigenvalue weighted by Gasteiger charge is 2.15. The van der Waals surface area contributed by atoms with Crippen LogP contribution in [0.15, 0.2) is 48.5 Å². The Balaban J connectivity index is 2.03. The molecule has 0 spiro atoms. The van der Waals surface area contributed by atoms with Gasteiger partial charge >= 0.3 is 0 Å². The van der Waals surface area contributed by atoms with Gasteiger partial charge in [0.15, 0.2) is 0 Å². The molecule has 6 nitrogen and oxygen atoms in total. The van der Waals surface area contributed by atoms with Gasteiger partial charge < -0.3 is 10.1 Å². The van der Waals surface area contributed by atoms with Crippen LogP contribution in [0.2, 0.25) is 0 Å². The van der Waals surface area contributed by atoms with E-state index in [0.717, 1.165) is 17.6 Å². The number of sulfonamides is 1. The predicted molar refractivity (Wildman–Crippen MR) is 103 cm³/mol. The van der Waals surface area contributed by atoms with Gasteiger partial charge in [-0.05, 0) is 55.8 Å². The fourth-order valence-corrected chi connectivity index (χ4v) is 3.56. The van der Waals surface area contributed by atoms with E-state index in [1.54, 1.807) is 31.2 Å². The zero-order chi connectivity index (χ0) is 19.2. The maximum atomic E-state index is 12.3. The molecule has 7 heteroatoms. The number of benzene rings is 2. The molecule has 0 heterocycles. The van der Waals surface area contributed by atoms with Crippen molar-refractivity contribution in [1.82, 2.24) is 5.32 Å². The molecular formula is C19H24N2O4S. The lowest BCUT2D eigenvalue weighted by atomic mass is 10.1. The lowest BCUT2D eigenvalue weighted by Gasteiger charge is -2.20. The summed E-state index contributed by atoms with van der Waals surface area (Å²) >= 11 is 0. The van der Waals surface area contributed by atoms with E-state index in [1.165, 1.54) is 4.31 Å². The standard InChI is InChI=1S/C19H24N2O4S/c1-4-21(26(3,23)24)17-11-9-16(10-12-17)19(22)20-14-15-7-6-8-18(13-15)25-5-2/h6-13H,4-5,14H2,1-3H3,(H,20,22). The minimum Gasteiger partial charge on any atom is -0.494 e. The second-order valence-electron chi connectivity index (χ2n) is 5.74. The van der Waals surface area contributed by atoms with Gasteiger partial charge in [0.2, 0.25) is 10.0 Å². The molecule has 0 saturated carbocycles. The molecule has 0 fully saturated rings. The second-order valence-corrected chi connectivity index (χ2v) is 7.64. The molecule has 0 radical (unpaired) electrons. The third-order valence-corrected chi connectivity index (χ3v) is 5.04. The monoisotopic (exact) mass is 376 g/mol. The zero-order valence-corrected chi connectivity index (χ0v) is 16.0. The highest BCUT2D eigenvalue weighted by Crippen LogP contribution is 2.18. The van der Waals surface area contributed by atoms with Gasteiger partial charge in [0, 0.05) is 18.7 Å². The van der Waals surface area contributed by atoms with Crippen molar-refractivity contribution in [2.45, 2.75) is 20.4 Å². The number of hydrogen-bond donors (Lipinski definition) is 1. The normalized spacial score (nSPS) is 11.0. The van der Waals surface area contributed by atoms with E-state index in [4.69, 9.17) is 4.74 Å². The van der Waals surface area contributed by atoms with Gasteiger partial charge in [-0.25, -0.2) is 8.42 Å². The predicted octanol–water partition coefficient (Wildman–Crippen LogP) is 2.80. The van der Waals surface area contributed by atoms with Crippen molar-refractivity contribution in [2.24, 2.45) is 0 Å². The summed E-state index contributed by atoms with van der Waals surface area (Å²) in [5.41, 5.74) is 1.95. The number of carbonyl (C=O) groups excluding carboxylic acids is 1. The van der Waals surface area contributed by atoms with Crippen molar-refractivity contribution < 1.29 is 17.9 Å². The van der Waals surface area contributed by atoms with Gasteiger partial charge in [0.25, 0.3) is 5.91 Å². The molecule has 0 aliphatic heterocycles. The Morgan fingerprint density at radius 1 is 1.12 bits per heavy atom. The van der Waals surface area contributed by atoms with Crippen LogP contribution in [-0.4, -0.2) is 33.7 Å². The van der Waals surface area contributed by atoms with E-state index < -0.39 is 10.0 Å². The van der Waals surface area contributed by atoms with Crippen molar-refractivity contribution in [3.63, 3.8) is 0 Å². The molecule has 1 N–H and O–H groups in total. The quantitative estimate of drug-likeness (QED) is 0.769. The SMILES string of the molecule is CCOc1cccc(CNC(=O)c2ccc(N(CC)S(C)(=O)=O)cc2)c1. The van der Waals surface area contributed by atoms with Gasteiger partial charge in [-0.1, -0.05) is 12.1 Å². The number of rotatable bonds is 8. The number of ether oxygens (including phenoxy) is 1. The van der Waals surface area contributed by atoms with Crippen LogP contribution in [0.3, 0.4) is 0 Å². The van der Waals surface area contributed by atoms with Crippen molar-refractivity contribution in [2.75, 3.05) is 23.7 Å². The van der Waals surface area contributed by atoms with Gasteiger partial charge in [0.05, 0.1) is 18.6 Å². The molecule has 2 aromatic rings. The zero-order valence-electron chi connectivity index (χ0n) is 15.2. The number of hydrogen-bond acceptors (Lipinski definition) is 4. The van der Waals surface area contributed by atoms with Gasteiger partial charge in [-0.15, -0.1) is 0 Å². The fourth-order valence-electron chi connectivity index (χ4n) is 2.58. The molecule has 140 valence electrons. The molecule has 0 bridgehead atoms. The van der Waals surface area contributed by atoms with Crippen LogP contribution in [0, 0.1) is 0 Å². The van der Waals surface area contributed by atoms with Crippen LogP contribution in [0.1, 0.15) is 29.8 Å². The Labute approximate surface area is 154 Å². The Bertz CT molecular complexity index is 848. The third-order valence-electron chi connectivity index (χ3n) is 3.77. The third kappa shape index (κ3) is 5.23. The first-order valence-corrected chi connectivity index (χ1v) is 10.3. The van der Waals surface area contributed by atoms with E-state index in [2.05, 4.69) is 5.32 Å². The molecule has 1 amide bonds. The molecule has 26 heavy (non-hydrogen) atoms. The maximum absolute atomic E-state index is 12.3. The molecule has 0 unspecified atom stereocenters. The van der Waals surface area contributed by atoms with Crippen molar-refractivity contribution in [3.05, 3.63) is 59.7 Å². The fraction of sp³-hybridized carbons (Fsp3) is 0.316. The Morgan fingerprint density at radius 3 is 2.38 bits per heavy atom. The van der Waals surface area contributed by atoms with Crippen LogP contribution in [-0.2, 0) is 16.6 Å². The van der Waals surface area contributed by atoms with Gasteiger partial charge in [0.1, 0.15) is 5.75 Å². The number of anilines is 1. The average Bonchev–Trinajstić information content (AvgIpc) is 2.60. The summed E-state index contributed by atoms with van der Waals surface area (Å²) < 4.78 is 30.2. The molecular weight excluding hydrogens is 352 g/mol. The summed E-state index contributed by atoms with van der Waals surface area (Å²) in [7, 11) is -3.34. The summed E-state index contributed by atoms with van der Waals surface area (Å²) in [4.78, 5) is 12.3. The van der Waals surface area contributed by atoms with Crippen LogP contribution < -0.4 is 14.4 Å². The molecule has 0 atom stereocenters. The topological polar surface area (TPSA) is 75.7 Å². The number of nitrogens with zero attached hydrogens (tertiary/aromatic N) is 1. The van der Waals surface area contributed by atoms with E-state index in [0.29, 0.717) is 30.9 Å². The number of amides is 1. The van der Waals surface area contributed by atoms with E-state index >= 15 is 0 Å². The lowest BCUT2D eigenvalue weighted by Crippen LogP contribution is -2.29. The summed E-state index contributed by atoms with van der Waals surface area (Å²) in [5, 5.41) is 2.85. The minimum absolute atomic E-state index is 0.222. The Kier molecular flexibility index (Phi) is 6.63. The van der Waals surface area contributed by atoms with E-state index in [9.17, 15) is 13.2 Å². The molecule has 2 aromatic carbocycles. The first-order chi connectivity index (χ1) is 12.3.